The second-order valence-corrected chi connectivity index (χ2v) is 6.83. The van der Waals surface area contributed by atoms with Crippen LogP contribution in [-0.2, 0) is 19.9 Å². The number of aliphatic hydroxyl groups is 1. The molecular weight excluding hydrogens is 366 g/mol. The number of benzene rings is 3. The molecule has 0 unspecified atom stereocenters. The molecule has 0 spiro atoms. The van der Waals surface area contributed by atoms with Gasteiger partial charge in [-0.25, -0.2) is 4.79 Å². The minimum atomic E-state index is -2.01. The zero-order valence-electron chi connectivity index (χ0n) is 16.4. The van der Waals surface area contributed by atoms with Crippen molar-refractivity contribution < 1.29 is 19.4 Å². The maximum absolute atomic E-state index is 12.9. The molecule has 0 aliphatic heterocycles. The molecule has 3 aromatic carbocycles. The first kappa shape index (κ1) is 20.3. The molecule has 0 fully saturated rings. The molecule has 0 heterocycles. The van der Waals surface area contributed by atoms with Crippen LogP contribution < -0.4 is 5.32 Å². The Balaban J connectivity index is 1.78. The predicted octanol–water partition coefficient (Wildman–Crippen LogP) is 3.72. The predicted molar refractivity (Wildman–Crippen MR) is 111 cm³/mol. The number of hydrogen-bond acceptors (Lipinski definition) is 4. The van der Waals surface area contributed by atoms with Crippen LogP contribution in [0.4, 0.5) is 5.69 Å². The van der Waals surface area contributed by atoms with Crippen LogP contribution in [0.1, 0.15) is 22.3 Å². The van der Waals surface area contributed by atoms with E-state index in [0.717, 1.165) is 11.1 Å². The number of esters is 1. The van der Waals surface area contributed by atoms with Gasteiger partial charge < -0.3 is 15.2 Å². The Labute approximate surface area is 170 Å². The highest BCUT2D eigenvalue weighted by atomic mass is 16.6. The highest BCUT2D eigenvalue weighted by Gasteiger charge is 2.41. The summed E-state index contributed by atoms with van der Waals surface area (Å²) in [5, 5.41) is 14.1. The third kappa shape index (κ3) is 4.36. The smallest absolute Gasteiger partial charge is 0.348 e. The first-order valence-electron chi connectivity index (χ1n) is 9.29. The first-order valence-corrected chi connectivity index (χ1v) is 9.29. The Kier molecular flexibility index (Phi) is 6.10. The highest BCUT2D eigenvalue weighted by Crippen LogP contribution is 2.31. The second kappa shape index (κ2) is 8.71. The van der Waals surface area contributed by atoms with Crippen LogP contribution in [0.5, 0.6) is 0 Å². The van der Waals surface area contributed by atoms with E-state index in [1.165, 1.54) is 0 Å². The maximum Gasteiger partial charge on any atom is 0.348 e. The Morgan fingerprint density at radius 2 is 1.31 bits per heavy atom. The lowest BCUT2D eigenvalue weighted by Crippen LogP contribution is -2.39. The molecule has 0 aliphatic carbocycles. The summed E-state index contributed by atoms with van der Waals surface area (Å²) >= 11 is 0. The summed E-state index contributed by atoms with van der Waals surface area (Å²) in [5.41, 5.74) is 1.23. The number of ether oxygens (including phenoxy) is 1. The monoisotopic (exact) mass is 389 g/mol. The van der Waals surface area contributed by atoms with Gasteiger partial charge in [0, 0.05) is 5.69 Å². The van der Waals surface area contributed by atoms with Crippen molar-refractivity contribution in [1.82, 2.24) is 0 Å². The van der Waals surface area contributed by atoms with Crippen molar-refractivity contribution >= 4 is 17.6 Å². The van der Waals surface area contributed by atoms with E-state index in [1.807, 2.05) is 32.0 Å². The van der Waals surface area contributed by atoms with Gasteiger partial charge in [-0.3, -0.25) is 4.79 Å². The van der Waals surface area contributed by atoms with Crippen molar-refractivity contribution in [1.29, 1.82) is 0 Å². The Morgan fingerprint density at radius 1 is 0.828 bits per heavy atom. The van der Waals surface area contributed by atoms with Crippen molar-refractivity contribution in [3.8, 4) is 0 Å². The lowest BCUT2D eigenvalue weighted by atomic mass is 9.86. The van der Waals surface area contributed by atoms with Crippen LogP contribution in [0.3, 0.4) is 0 Å². The third-order valence-corrected chi connectivity index (χ3v) is 4.76. The second-order valence-electron chi connectivity index (χ2n) is 6.83. The molecule has 3 aromatic rings. The van der Waals surface area contributed by atoms with Crippen LogP contribution in [0, 0.1) is 13.8 Å². The minimum Gasteiger partial charge on any atom is -0.453 e. The van der Waals surface area contributed by atoms with Gasteiger partial charge in [0.1, 0.15) is 0 Å². The minimum absolute atomic E-state index is 0.367. The molecule has 2 N–H and O–H groups in total. The molecule has 0 saturated heterocycles. The molecule has 0 bridgehead atoms. The Hall–Kier alpha value is -3.44. The van der Waals surface area contributed by atoms with Gasteiger partial charge in [0.05, 0.1) is 0 Å². The number of rotatable bonds is 6. The summed E-state index contributed by atoms with van der Waals surface area (Å²) in [6.45, 7) is 3.27. The van der Waals surface area contributed by atoms with E-state index in [4.69, 9.17) is 4.74 Å². The fourth-order valence-corrected chi connectivity index (χ4v) is 3.18. The molecule has 0 radical (unpaired) electrons. The number of aryl methyl sites for hydroxylation is 2. The van der Waals surface area contributed by atoms with Crippen LogP contribution in [0.15, 0.2) is 78.9 Å². The molecular formula is C24H23NO4. The zero-order valence-corrected chi connectivity index (χ0v) is 16.4. The molecule has 3 rings (SSSR count). The third-order valence-electron chi connectivity index (χ3n) is 4.76. The standard InChI is InChI=1S/C24H23NO4/c1-17-10-9-11-18(2)22(17)25-21(26)16-29-23(27)24(28,19-12-5-3-6-13-19)20-14-7-4-8-15-20/h3-15,28H,16H2,1-2H3,(H,25,26). The summed E-state index contributed by atoms with van der Waals surface area (Å²) in [4.78, 5) is 25.3. The van der Waals surface area contributed by atoms with Gasteiger partial charge in [-0.05, 0) is 36.1 Å². The molecule has 0 atom stereocenters. The van der Waals surface area contributed by atoms with Gasteiger partial charge in [0.25, 0.3) is 5.91 Å². The lowest BCUT2D eigenvalue weighted by molar-refractivity contribution is -0.163. The van der Waals surface area contributed by atoms with Gasteiger partial charge in [0.2, 0.25) is 5.60 Å². The number of para-hydroxylation sites is 1. The van der Waals surface area contributed by atoms with Crippen LogP contribution in [0.25, 0.3) is 0 Å². The molecule has 5 heteroatoms. The SMILES string of the molecule is Cc1cccc(C)c1NC(=O)COC(=O)C(O)(c1ccccc1)c1ccccc1. The van der Waals surface area contributed by atoms with Crippen molar-refractivity contribution in [2.24, 2.45) is 0 Å². The number of amides is 1. The van der Waals surface area contributed by atoms with Gasteiger partial charge in [-0.2, -0.15) is 0 Å². The number of nitrogens with one attached hydrogen (secondary N) is 1. The number of carbonyl (C=O) groups excluding carboxylic acids is 2. The van der Waals surface area contributed by atoms with Gasteiger partial charge in [0.15, 0.2) is 6.61 Å². The van der Waals surface area contributed by atoms with Crippen molar-refractivity contribution in [3.63, 3.8) is 0 Å². The van der Waals surface area contributed by atoms with Crippen molar-refractivity contribution in [3.05, 3.63) is 101 Å². The Morgan fingerprint density at radius 3 is 1.79 bits per heavy atom. The summed E-state index contributed by atoms with van der Waals surface area (Å²) < 4.78 is 5.23. The van der Waals surface area contributed by atoms with Gasteiger partial charge in [-0.15, -0.1) is 0 Å². The summed E-state index contributed by atoms with van der Waals surface area (Å²) in [6, 6.07) is 22.7. The van der Waals surface area contributed by atoms with Gasteiger partial charge >= 0.3 is 5.97 Å². The molecule has 148 valence electrons. The van der Waals surface area contributed by atoms with Crippen LogP contribution >= 0.6 is 0 Å². The molecule has 0 saturated carbocycles. The molecule has 29 heavy (non-hydrogen) atoms. The number of anilines is 1. The molecule has 1 amide bonds. The maximum atomic E-state index is 12.9. The van der Waals surface area contributed by atoms with E-state index in [1.54, 1.807) is 60.7 Å². The largest absolute Gasteiger partial charge is 0.453 e. The summed E-state index contributed by atoms with van der Waals surface area (Å²) in [6.07, 6.45) is 0. The molecule has 5 nitrogen and oxygen atoms in total. The van der Waals surface area contributed by atoms with E-state index in [0.29, 0.717) is 16.8 Å². The van der Waals surface area contributed by atoms with Crippen molar-refractivity contribution in [2.45, 2.75) is 19.4 Å². The fraction of sp³-hybridized carbons (Fsp3) is 0.167. The van der Waals surface area contributed by atoms with Crippen molar-refractivity contribution in [2.75, 3.05) is 11.9 Å². The average molecular weight is 389 g/mol. The number of carbonyl (C=O) groups is 2. The first-order chi connectivity index (χ1) is 13.9. The van der Waals surface area contributed by atoms with E-state index in [9.17, 15) is 14.7 Å². The molecule has 0 aliphatic rings. The number of hydrogen-bond donors (Lipinski definition) is 2. The molecule has 0 aromatic heterocycles. The van der Waals surface area contributed by atoms with Crippen LogP contribution in [0.2, 0.25) is 0 Å². The summed E-state index contributed by atoms with van der Waals surface area (Å²) in [7, 11) is 0. The quantitative estimate of drug-likeness (QED) is 0.630. The Bertz CT molecular complexity index is 940. The van der Waals surface area contributed by atoms with E-state index in [2.05, 4.69) is 5.32 Å². The average Bonchev–Trinajstić information content (AvgIpc) is 2.75. The lowest BCUT2D eigenvalue weighted by Gasteiger charge is -2.27. The zero-order chi connectivity index (χ0) is 20.9. The fourth-order valence-electron chi connectivity index (χ4n) is 3.18. The van der Waals surface area contributed by atoms with Gasteiger partial charge in [-0.1, -0.05) is 78.9 Å². The topological polar surface area (TPSA) is 75.6 Å². The van der Waals surface area contributed by atoms with E-state index in [-0.39, 0.29) is 0 Å². The van der Waals surface area contributed by atoms with E-state index < -0.39 is 24.1 Å². The normalized spacial score (nSPS) is 11.0. The van der Waals surface area contributed by atoms with E-state index >= 15 is 0 Å². The highest BCUT2D eigenvalue weighted by molar-refractivity contribution is 5.95. The summed E-state index contributed by atoms with van der Waals surface area (Å²) in [5.74, 6) is -1.38. The van der Waals surface area contributed by atoms with Crippen LogP contribution in [-0.4, -0.2) is 23.6 Å².